The van der Waals surface area contributed by atoms with Gasteiger partial charge in [-0.1, -0.05) is 18.2 Å². The van der Waals surface area contributed by atoms with Gasteiger partial charge in [0.25, 0.3) is 5.69 Å². The highest BCUT2D eigenvalue weighted by atomic mass is 32.2. The summed E-state index contributed by atoms with van der Waals surface area (Å²) in [6.45, 7) is 2.17. The molecule has 0 unspecified atom stereocenters. The topological polar surface area (TPSA) is 95.8 Å². The van der Waals surface area contributed by atoms with E-state index >= 15 is 0 Å². The lowest BCUT2D eigenvalue weighted by Gasteiger charge is -2.31. The number of anilines is 1. The maximum absolute atomic E-state index is 13.7. The van der Waals surface area contributed by atoms with E-state index in [1.165, 1.54) is 22.5 Å². The Hall–Kier alpha value is -2.56. The summed E-state index contributed by atoms with van der Waals surface area (Å²) >= 11 is 0. The van der Waals surface area contributed by atoms with E-state index in [1.807, 2.05) is 11.9 Å². The van der Waals surface area contributed by atoms with Crippen LogP contribution in [0.2, 0.25) is 0 Å². The average molecular weight is 422 g/mol. The fraction of sp³-hybridized carbons (Fsp3) is 0.368. The minimum Gasteiger partial charge on any atom is -0.379 e. The van der Waals surface area contributed by atoms with Gasteiger partial charge in [-0.3, -0.25) is 10.1 Å². The number of sulfonamides is 1. The predicted octanol–water partition coefficient (Wildman–Crippen LogP) is 2.32. The first-order valence-corrected chi connectivity index (χ1v) is 10.7. The fourth-order valence-electron chi connectivity index (χ4n) is 3.18. The number of nitro benzene ring substituents is 1. The third-order valence-electron chi connectivity index (χ3n) is 4.93. The lowest BCUT2D eigenvalue weighted by molar-refractivity contribution is -0.384. The van der Waals surface area contributed by atoms with Crippen LogP contribution in [0.15, 0.2) is 47.4 Å². The van der Waals surface area contributed by atoms with Crippen molar-refractivity contribution >= 4 is 21.4 Å². The Morgan fingerprint density at radius 3 is 2.48 bits per heavy atom. The van der Waals surface area contributed by atoms with Gasteiger partial charge in [-0.2, -0.15) is 4.31 Å². The Balaban J connectivity index is 1.76. The highest BCUT2D eigenvalue weighted by Gasteiger charge is 2.29. The lowest BCUT2D eigenvalue weighted by Crippen LogP contribution is -2.47. The molecule has 1 saturated heterocycles. The fourth-order valence-corrected chi connectivity index (χ4v) is 4.63. The molecule has 1 heterocycles. The Kier molecular flexibility index (Phi) is 6.46. The normalized spacial score (nSPS) is 15.9. The van der Waals surface area contributed by atoms with Crippen LogP contribution < -0.4 is 5.32 Å². The van der Waals surface area contributed by atoms with Crippen molar-refractivity contribution < 1.29 is 17.7 Å². The molecule has 0 spiro atoms. The van der Waals surface area contributed by atoms with Crippen molar-refractivity contribution in [2.45, 2.75) is 11.3 Å². The molecule has 0 atom stereocenters. The standard InChI is InChI=1S/C19H23FN4O4S/c1-22-10-12-23(13-11-22)29(27,28)16-6-7-18(19(14-16)24(25)26)21-9-8-15-4-2-3-5-17(15)20/h2-7,14,21H,8-13H2,1H3. The molecule has 2 aromatic carbocycles. The number of piperazine rings is 1. The summed E-state index contributed by atoms with van der Waals surface area (Å²) in [6.07, 6.45) is 0.338. The van der Waals surface area contributed by atoms with Gasteiger partial charge in [0.2, 0.25) is 10.0 Å². The van der Waals surface area contributed by atoms with E-state index in [9.17, 15) is 22.9 Å². The van der Waals surface area contributed by atoms with Crippen LogP contribution in [-0.4, -0.2) is 62.3 Å². The third kappa shape index (κ3) is 4.89. The average Bonchev–Trinajstić information content (AvgIpc) is 2.69. The molecule has 0 bridgehead atoms. The first-order chi connectivity index (χ1) is 13.8. The second-order valence-corrected chi connectivity index (χ2v) is 8.85. The minimum absolute atomic E-state index is 0.103. The van der Waals surface area contributed by atoms with Crippen LogP contribution in [0.1, 0.15) is 5.56 Å². The maximum atomic E-state index is 13.7. The van der Waals surface area contributed by atoms with Gasteiger partial charge in [0.1, 0.15) is 11.5 Å². The van der Waals surface area contributed by atoms with Gasteiger partial charge in [0, 0.05) is 38.8 Å². The van der Waals surface area contributed by atoms with Crippen LogP contribution in [0, 0.1) is 15.9 Å². The van der Waals surface area contributed by atoms with Gasteiger partial charge in [0.15, 0.2) is 0 Å². The number of hydrogen-bond acceptors (Lipinski definition) is 6. The van der Waals surface area contributed by atoms with E-state index in [4.69, 9.17) is 0 Å². The minimum atomic E-state index is -3.80. The third-order valence-corrected chi connectivity index (χ3v) is 6.83. The van der Waals surface area contributed by atoms with Gasteiger partial charge in [0.05, 0.1) is 9.82 Å². The van der Waals surface area contributed by atoms with Crippen molar-refractivity contribution in [1.29, 1.82) is 0 Å². The van der Waals surface area contributed by atoms with Crippen LogP contribution in [0.4, 0.5) is 15.8 Å². The smallest absolute Gasteiger partial charge is 0.293 e. The van der Waals surface area contributed by atoms with Crippen LogP contribution in [0.25, 0.3) is 0 Å². The summed E-state index contributed by atoms with van der Waals surface area (Å²) in [5, 5.41) is 14.4. The molecular weight excluding hydrogens is 399 g/mol. The van der Waals surface area contributed by atoms with Crippen molar-refractivity contribution in [3.63, 3.8) is 0 Å². The van der Waals surface area contributed by atoms with Crippen LogP contribution in [0.3, 0.4) is 0 Å². The molecule has 0 amide bonds. The molecule has 29 heavy (non-hydrogen) atoms. The molecule has 156 valence electrons. The van der Waals surface area contributed by atoms with Gasteiger partial charge in [-0.15, -0.1) is 0 Å². The molecule has 10 heteroatoms. The summed E-state index contributed by atoms with van der Waals surface area (Å²) < 4.78 is 40.7. The summed E-state index contributed by atoms with van der Waals surface area (Å²) in [6, 6.07) is 10.2. The zero-order valence-electron chi connectivity index (χ0n) is 16.0. The number of nitrogens with zero attached hydrogens (tertiary/aromatic N) is 3. The van der Waals surface area contributed by atoms with E-state index in [0.29, 0.717) is 38.2 Å². The Morgan fingerprint density at radius 1 is 1.14 bits per heavy atom. The number of likely N-dealkylation sites (N-methyl/N-ethyl adjacent to an activating group) is 1. The number of rotatable bonds is 7. The van der Waals surface area contributed by atoms with E-state index in [0.717, 1.165) is 6.07 Å². The molecule has 0 saturated carbocycles. The second-order valence-electron chi connectivity index (χ2n) is 6.91. The van der Waals surface area contributed by atoms with Gasteiger partial charge in [-0.05, 0) is 37.2 Å². The predicted molar refractivity (Wildman–Crippen MR) is 108 cm³/mol. The van der Waals surface area contributed by atoms with Gasteiger partial charge in [-0.25, -0.2) is 12.8 Å². The molecule has 0 radical (unpaired) electrons. The number of nitrogens with one attached hydrogen (secondary N) is 1. The van der Waals surface area contributed by atoms with Crippen molar-refractivity contribution in [2.24, 2.45) is 0 Å². The molecule has 0 aliphatic carbocycles. The summed E-state index contributed by atoms with van der Waals surface area (Å²) in [4.78, 5) is 12.8. The van der Waals surface area contributed by atoms with E-state index in [1.54, 1.807) is 18.2 Å². The van der Waals surface area contributed by atoms with Crippen molar-refractivity contribution in [3.05, 3.63) is 64.0 Å². The zero-order valence-corrected chi connectivity index (χ0v) is 16.9. The molecule has 3 rings (SSSR count). The summed E-state index contributed by atoms with van der Waals surface area (Å²) in [5.74, 6) is -0.336. The van der Waals surface area contributed by atoms with Gasteiger partial charge < -0.3 is 10.2 Å². The molecular formula is C19H23FN4O4S. The van der Waals surface area contributed by atoms with Crippen molar-refractivity contribution in [3.8, 4) is 0 Å². The largest absolute Gasteiger partial charge is 0.379 e. The molecule has 1 N–H and O–H groups in total. The van der Waals surface area contributed by atoms with Crippen LogP contribution in [-0.2, 0) is 16.4 Å². The molecule has 2 aromatic rings. The van der Waals surface area contributed by atoms with Crippen molar-refractivity contribution in [2.75, 3.05) is 45.1 Å². The first-order valence-electron chi connectivity index (χ1n) is 9.23. The monoisotopic (exact) mass is 422 g/mol. The number of halogens is 1. The second kappa shape index (κ2) is 8.85. The molecule has 8 nitrogen and oxygen atoms in total. The van der Waals surface area contributed by atoms with Crippen molar-refractivity contribution in [1.82, 2.24) is 9.21 Å². The van der Waals surface area contributed by atoms with E-state index in [2.05, 4.69) is 5.32 Å². The van der Waals surface area contributed by atoms with Crippen LogP contribution in [0.5, 0.6) is 0 Å². The number of nitro groups is 1. The lowest BCUT2D eigenvalue weighted by atomic mass is 10.1. The highest BCUT2D eigenvalue weighted by molar-refractivity contribution is 7.89. The Bertz CT molecular complexity index is 991. The summed E-state index contributed by atoms with van der Waals surface area (Å²) in [5.41, 5.74) is 0.370. The van der Waals surface area contributed by atoms with E-state index in [-0.39, 0.29) is 28.6 Å². The Labute approximate surface area is 169 Å². The zero-order chi connectivity index (χ0) is 21.0. The number of hydrogen-bond donors (Lipinski definition) is 1. The summed E-state index contributed by atoms with van der Waals surface area (Å²) in [7, 11) is -1.89. The van der Waals surface area contributed by atoms with E-state index < -0.39 is 14.9 Å². The first kappa shape index (κ1) is 21.2. The SMILES string of the molecule is CN1CCN(S(=O)(=O)c2ccc(NCCc3ccccc3F)c([N+](=O)[O-])c2)CC1. The van der Waals surface area contributed by atoms with Crippen LogP contribution >= 0.6 is 0 Å². The number of benzene rings is 2. The molecule has 1 aliphatic heterocycles. The quantitative estimate of drug-likeness (QED) is 0.544. The molecule has 1 aliphatic rings. The maximum Gasteiger partial charge on any atom is 0.293 e. The Morgan fingerprint density at radius 2 is 1.83 bits per heavy atom. The molecule has 0 aromatic heterocycles. The highest BCUT2D eigenvalue weighted by Crippen LogP contribution is 2.29. The molecule has 1 fully saturated rings. The van der Waals surface area contributed by atoms with Gasteiger partial charge >= 0.3 is 0 Å².